The number of benzene rings is 2. The molecule has 0 aromatic heterocycles. The van der Waals surface area contributed by atoms with Crippen molar-refractivity contribution in [3.05, 3.63) is 78.4 Å². The van der Waals surface area contributed by atoms with Crippen molar-refractivity contribution < 1.29 is 9.59 Å². The number of rotatable bonds is 5. The zero-order chi connectivity index (χ0) is 19.3. The van der Waals surface area contributed by atoms with Crippen molar-refractivity contribution >= 4 is 22.8 Å². The second kappa shape index (κ2) is 8.78. The molecule has 2 aromatic carbocycles. The van der Waals surface area contributed by atoms with Crippen molar-refractivity contribution in [3.63, 3.8) is 0 Å². The maximum atomic E-state index is 13.3. The van der Waals surface area contributed by atoms with E-state index in [0.29, 0.717) is 6.42 Å². The molecule has 28 heavy (non-hydrogen) atoms. The summed E-state index contributed by atoms with van der Waals surface area (Å²) < 4.78 is 0. The van der Waals surface area contributed by atoms with Gasteiger partial charge in [0.15, 0.2) is 5.12 Å². The molecule has 2 aliphatic rings. The normalized spacial score (nSPS) is 24.1. The van der Waals surface area contributed by atoms with Gasteiger partial charge in [-0.1, -0.05) is 72.4 Å². The Morgan fingerprint density at radius 3 is 2.50 bits per heavy atom. The van der Waals surface area contributed by atoms with Crippen LogP contribution in [0.2, 0.25) is 0 Å². The quantitative estimate of drug-likeness (QED) is 0.553. The van der Waals surface area contributed by atoms with Crippen LogP contribution in [0.25, 0.3) is 0 Å². The van der Waals surface area contributed by atoms with Crippen molar-refractivity contribution in [1.29, 1.82) is 0 Å². The Kier molecular flexibility index (Phi) is 5.96. The monoisotopic (exact) mass is 391 g/mol. The summed E-state index contributed by atoms with van der Waals surface area (Å²) in [6.07, 6.45) is 6.73. The topological polar surface area (TPSA) is 37.4 Å². The number of carbonyl (C=O) groups excluding carboxylic acids is 2. The third-order valence-corrected chi connectivity index (χ3v) is 6.79. The smallest absolute Gasteiger partial charge is 0.227 e. The minimum Gasteiger partial charge on any atom is -0.342 e. The highest BCUT2D eigenvalue weighted by Gasteiger charge is 2.44. The molecular formula is C24H25NO2S. The molecule has 1 amide bonds. The predicted octanol–water partition coefficient (Wildman–Crippen LogP) is 4.59. The van der Waals surface area contributed by atoms with E-state index >= 15 is 0 Å². The predicted molar refractivity (Wildman–Crippen MR) is 113 cm³/mol. The average molecular weight is 392 g/mol. The fourth-order valence-corrected chi connectivity index (χ4v) is 5.20. The lowest BCUT2D eigenvalue weighted by Crippen LogP contribution is -2.50. The van der Waals surface area contributed by atoms with E-state index in [1.54, 1.807) is 0 Å². The first kappa shape index (κ1) is 19.0. The maximum absolute atomic E-state index is 13.3. The summed E-state index contributed by atoms with van der Waals surface area (Å²) in [7, 11) is 0. The van der Waals surface area contributed by atoms with Crippen LogP contribution in [0.3, 0.4) is 0 Å². The Hall–Kier alpha value is -2.33. The van der Waals surface area contributed by atoms with Crippen LogP contribution in [0.1, 0.15) is 18.4 Å². The van der Waals surface area contributed by atoms with Gasteiger partial charge in [-0.15, -0.1) is 0 Å². The fourth-order valence-electron chi connectivity index (χ4n) is 4.28. The number of fused-ring (bicyclic) bond motifs is 1. The Balaban J connectivity index is 1.45. The molecule has 0 bridgehead atoms. The second-order valence-electron chi connectivity index (χ2n) is 7.54. The highest BCUT2D eigenvalue weighted by molar-refractivity contribution is 8.13. The maximum Gasteiger partial charge on any atom is 0.227 e. The van der Waals surface area contributed by atoms with Gasteiger partial charge in [0.2, 0.25) is 5.91 Å². The number of carbonyl (C=O) groups is 2. The third-order valence-electron chi connectivity index (χ3n) is 5.77. The van der Waals surface area contributed by atoms with Crippen LogP contribution >= 0.6 is 11.8 Å². The first-order valence-corrected chi connectivity index (χ1v) is 10.8. The van der Waals surface area contributed by atoms with Gasteiger partial charge in [0.05, 0.1) is 5.92 Å². The largest absolute Gasteiger partial charge is 0.342 e. The van der Waals surface area contributed by atoms with Gasteiger partial charge in [0.1, 0.15) is 0 Å². The molecule has 0 saturated carbocycles. The Morgan fingerprint density at radius 2 is 1.75 bits per heavy atom. The van der Waals surface area contributed by atoms with E-state index in [0.717, 1.165) is 30.8 Å². The van der Waals surface area contributed by atoms with E-state index in [1.807, 2.05) is 53.4 Å². The standard InChI is InChI=1S/C24H25NO2S/c26-23-22-19(15-17-25(23)16-14-18-8-3-1-4-9-18)10-7-13-21(22)24(27)28-20-11-5-2-6-12-20/h1-12,19,21-22H,13-17H2/t19?,21-,22?/m0/s1. The minimum absolute atomic E-state index is 0.115. The number of thioether (sulfide) groups is 1. The van der Waals surface area contributed by atoms with Gasteiger partial charge < -0.3 is 4.90 Å². The molecular weight excluding hydrogens is 366 g/mol. The second-order valence-corrected chi connectivity index (χ2v) is 8.62. The van der Waals surface area contributed by atoms with Crippen molar-refractivity contribution in [2.24, 2.45) is 17.8 Å². The zero-order valence-electron chi connectivity index (χ0n) is 15.9. The van der Waals surface area contributed by atoms with Gasteiger partial charge in [0.25, 0.3) is 0 Å². The van der Waals surface area contributed by atoms with E-state index < -0.39 is 0 Å². The Bertz CT molecular complexity index is 849. The van der Waals surface area contributed by atoms with Crippen LogP contribution in [0.5, 0.6) is 0 Å². The highest BCUT2D eigenvalue weighted by Crippen LogP contribution is 2.40. The van der Waals surface area contributed by atoms with E-state index in [9.17, 15) is 9.59 Å². The van der Waals surface area contributed by atoms with Crippen LogP contribution < -0.4 is 0 Å². The molecule has 1 aliphatic carbocycles. The zero-order valence-corrected chi connectivity index (χ0v) is 16.7. The molecule has 2 aromatic rings. The molecule has 1 saturated heterocycles. The van der Waals surface area contributed by atoms with Crippen molar-refractivity contribution in [2.75, 3.05) is 13.1 Å². The molecule has 3 atom stereocenters. The first-order valence-electron chi connectivity index (χ1n) is 9.98. The number of hydrogen-bond acceptors (Lipinski definition) is 3. The molecule has 1 heterocycles. The lowest BCUT2D eigenvalue weighted by Gasteiger charge is -2.41. The van der Waals surface area contributed by atoms with Crippen molar-refractivity contribution in [3.8, 4) is 0 Å². The van der Waals surface area contributed by atoms with Crippen LogP contribution in [0, 0.1) is 17.8 Å². The number of amides is 1. The van der Waals surface area contributed by atoms with Crippen molar-refractivity contribution in [1.82, 2.24) is 4.90 Å². The number of nitrogens with zero attached hydrogens (tertiary/aromatic N) is 1. The lowest BCUT2D eigenvalue weighted by atomic mass is 9.72. The summed E-state index contributed by atoms with van der Waals surface area (Å²) in [4.78, 5) is 29.2. The molecule has 4 heteroatoms. The fraction of sp³-hybridized carbons (Fsp3) is 0.333. The van der Waals surface area contributed by atoms with E-state index in [2.05, 4.69) is 24.3 Å². The van der Waals surface area contributed by atoms with Gasteiger partial charge >= 0.3 is 0 Å². The molecule has 0 spiro atoms. The summed E-state index contributed by atoms with van der Waals surface area (Å²) >= 11 is 1.28. The summed E-state index contributed by atoms with van der Waals surface area (Å²) in [5.41, 5.74) is 1.24. The van der Waals surface area contributed by atoms with Gasteiger partial charge in [-0.3, -0.25) is 9.59 Å². The van der Waals surface area contributed by atoms with Crippen molar-refractivity contribution in [2.45, 2.75) is 24.2 Å². The number of piperidine rings is 1. The highest BCUT2D eigenvalue weighted by atomic mass is 32.2. The average Bonchev–Trinajstić information content (AvgIpc) is 2.74. The summed E-state index contributed by atoms with van der Waals surface area (Å²) in [5.74, 6) is -0.0893. The number of hydrogen-bond donors (Lipinski definition) is 0. The summed E-state index contributed by atoms with van der Waals surface area (Å²) in [5, 5.41) is 0.115. The third kappa shape index (κ3) is 4.22. The van der Waals surface area contributed by atoms with E-state index in [1.165, 1.54) is 17.3 Å². The van der Waals surface area contributed by atoms with Crippen LogP contribution in [0.15, 0.2) is 77.7 Å². The lowest BCUT2D eigenvalue weighted by molar-refractivity contribution is -0.145. The number of allylic oxidation sites excluding steroid dienone is 2. The molecule has 144 valence electrons. The van der Waals surface area contributed by atoms with Crippen LogP contribution in [-0.4, -0.2) is 29.0 Å². The minimum atomic E-state index is -0.229. The molecule has 1 aliphatic heterocycles. The summed E-state index contributed by atoms with van der Waals surface area (Å²) in [6, 6.07) is 20.0. The van der Waals surface area contributed by atoms with Gasteiger partial charge in [-0.25, -0.2) is 0 Å². The molecule has 2 unspecified atom stereocenters. The van der Waals surface area contributed by atoms with Gasteiger partial charge in [-0.05, 0) is 42.9 Å². The SMILES string of the molecule is O=C(Sc1ccccc1)[C@H]1CC=CC2CCN(CCc3ccccc3)C(=O)C21. The molecule has 1 fully saturated rings. The molecule has 3 nitrogen and oxygen atoms in total. The van der Waals surface area contributed by atoms with Crippen LogP contribution in [-0.2, 0) is 16.0 Å². The Morgan fingerprint density at radius 1 is 1.04 bits per heavy atom. The van der Waals surface area contributed by atoms with Crippen LogP contribution in [0.4, 0.5) is 0 Å². The molecule has 0 N–H and O–H groups in total. The first-order chi connectivity index (χ1) is 13.7. The van der Waals surface area contributed by atoms with E-state index in [4.69, 9.17) is 0 Å². The molecule has 4 rings (SSSR count). The Labute approximate surface area is 170 Å². The molecule has 0 radical (unpaired) electrons. The number of likely N-dealkylation sites (tertiary alicyclic amines) is 1. The van der Waals surface area contributed by atoms with Gasteiger partial charge in [0, 0.05) is 23.9 Å². The van der Waals surface area contributed by atoms with E-state index in [-0.39, 0.29) is 28.8 Å². The summed E-state index contributed by atoms with van der Waals surface area (Å²) in [6.45, 7) is 1.51. The van der Waals surface area contributed by atoms with Gasteiger partial charge in [-0.2, -0.15) is 0 Å².